The molecule has 6 aromatic rings. The van der Waals surface area contributed by atoms with Crippen LogP contribution in [0, 0.1) is 0 Å². The van der Waals surface area contributed by atoms with Crippen molar-refractivity contribution in [2.75, 3.05) is 0 Å². The molecular formula is C41H33Cl7KN3O8. The average molecular weight is 983 g/mol. The third-order valence-corrected chi connectivity index (χ3v) is 8.56. The number of carbonyl (C=O) groups is 3. The Hall–Kier alpha value is -3.05. The third-order valence-electron chi connectivity index (χ3n) is 6.81. The van der Waals surface area contributed by atoms with E-state index in [1.807, 2.05) is 6.07 Å². The van der Waals surface area contributed by atoms with Gasteiger partial charge in [-0.15, -0.1) is 0 Å². The monoisotopic (exact) mass is 979 g/mol. The van der Waals surface area contributed by atoms with E-state index in [0.29, 0.717) is 71.9 Å². The molecule has 6 rings (SSSR count). The maximum Gasteiger partial charge on any atom is 1.00 e. The van der Waals surface area contributed by atoms with Gasteiger partial charge < -0.3 is 25.2 Å². The van der Waals surface area contributed by atoms with Crippen molar-refractivity contribution in [3.8, 4) is 28.7 Å². The van der Waals surface area contributed by atoms with Crippen molar-refractivity contribution >= 4 is 98.7 Å². The molecule has 0 aliphatic heterocycles. The fourth-order valence-electron chi connectivity index (χ4n) is 4.41. The number of Topliss-reactive ketones (excluding diaryl/α,β-unsaturated/α-hetero) is 2. The fourth-order valence-corrected chi connectivity index (χ4v) is 5.82. The number of carboxylic acid groups (broad SMARTS) is 1. The Balaban J connectivity index is 0.000000414. The van der Waals surface area contributed by atoms with Crippen LogP contribution in [0.15, 0.2) is 110 Å². The zero-order valence-electron chi connectivity index (χ0n) is 31.9. The van der Waals surface area contributed by atoms with Crippen LogP contribution in [0.4, 0.5) is 0 Å². The van der Waals surface area contributed by atoms with Crippen molar-refractivity contribution in [2.24, 2.45) is 0 Å². The van der Waals surface area contributed by atoms with Gasteiger partial charge in [0.2, 0.25) is 0 Å². The van der Waals surface area contributed by atoms with Gasteiger partial charge in [-0.25, -0.2) is 15.0 Å². The second kappa shape index (κ2) is 28.5. The van der Waals surface area contributed by atoms with Gasteiger partial charge in [-0.1, -0.05) is 99.4 Å². The molecule has 0 bridgehead atoms. The van der Waals surface area contributed by atoms with E-state index < -0.39 is 5.97 Å². The van der Waals surface area contributed by atoms with Crippen LogP contribution in [0.25, 0.3) is 0 Å². The van der Waals surface area contributed by atoms with E-state index in [1.54, 1.807) is 91.3 Å². The molecule has 0 radical (unpaired) electrons. The maximum absolute atomic E-state index is 11.0. The summed E-state index contributed by atoms with van der Waals surface area (Å²) >= 11 is 40.3. The number of pyridine rings is 3. The normalized spacial score (nSPS) is 9.68. The van der Waals surface area contributed by atoms with Crippen molar-refractivity contribution in [1.82, 2.24) is 15.0 Å². The molecular weight excluding hydrogens is 950 g/mol. The van der Waals surface area contributed by atoms with Gasteiger partial charge in [0.25, 0.3) is 0 Å². The molecule has 3 N–H and O–H groups in total. The first kappa shape index (κ1) is 55.0. The number of ether oxygens (including phenoxy) is 2. The van der Waals surface area contributed by atoms with E-state index >= 15 is 0 Å². The molecule has 3 heterocycles. The second-order valence-corrected chi connectivity index (χ2v) is 14.6. The SMILES string of the molecule is CC(=O)Cc1ccc(O)c(Cl)c1.CC(=O)Cc1ccc(Oc2ccnc(Cl)c2)c(Cl)c1.Clc1ccnc(Cl)c1.O=C(O)Cc1ccc(Oc2ccnc(Cl)c2)c(Cl)c1.[K+].[OH-]. The van der Waals surface area contributed by atoms with E-state index in [0.717, 1.165) is 11.1 Å². The Kier molecular flexibility index (Phi) is 26.1. The number of aromatic hydroxyl groups is 1. The molecule has 0 atom stereocenters. The standard InChI is InChI=1S/C14H11Cl2NO2.C13H9Cl2NO3.C9H9ClO2.C5H3Cl2N.K.H2O/c1-9(18)6-10-2-3-13(12(15)7-10)19-11-4-5-17-14(16)8-11;14-10-5-8(6-13(17)18)1-2-11(10)19-9-3-4-16-12(15)7-9;1-6(11)4-7-2-3-9(12)8(10)5-7;6-4-1-2-8-5(7)3-4;;/h2-5,7-8H,6H2,1H3;1-5,7H,6H2,(H,17,18);2-3,5,12H,4H2,1H3;1-3H;;1H2/q;;;;+1;/p-1. The predicted molar refractivity (Wildman–Crippen MR) is 231 cm³/mol. The van der Waals surface area contributed by atoms with Gasteiger partial charge in [0, 0.05) is 48.6 Å². The molecule has 310 valence electrons. The van der Waals surface area contributed by atoms with Crippen molar-refractivity contribution < 1.29 is 90.9 Å². The third kappa shape index (κ3) is 21.6. The molecule has 3 aromatic heterocycles. The number of carboxylic acids is 1. The first-order valence-corrected chi connectivity index (χ1v) is 19.2. The molecule has 0 fully saturated rings. The summed E-state index contributed by atoms with van der Waals surface area (Å²) in [5, 5.41) is 20.5. The largest absolute Gasteiger partial charge is 1.00 e. The topological polar surface area (TPSA) is 179 Å². The number of aromatic nitrogens is 3. The summed E-state index contributed by atoms with van der Waals surface area (Å²) in [4.78, 5) is 43.8. The number of benzene rings is 3. The zero-order chi connectivity index (χ0) is 42.8. The molecule has 0 unspecified atom stereocenters. The predicted octanol–water partition coefficient (Wildman–Crippen LogP) is 9.51. The minimum atomic E-state index is -0.911. The van der Waals surface area contributed by atoms with Crippen LogP contribution in [-0.2, 0) is 33.6 Å². The summed E-state index contributed by atoms with van der Waals surface area (Å²) < 4.78 is 11.2. The summed E-state index contributed by atoms with van der Waals surface area (Å²) in [6, 6.07) is 24.6. The van der Waals surface area contributed by atoms with Crippen molar-refractivity contribution in [2.45, 2.75) is 33.1 Å². The number of halogens is 7. The Labute approximate surface area is 423 Å². The number of carbonyl (C=O) groups excluding carboxylic acids is 2. The number of aliphatic carboxylic acids is 1. The Morgan fingerprint density at radius 3 is 1.25 bits per heavy atom. The Morgan fingerprint density at radius 1 is 0.533 bits per heavy atom. The Morgan fingerprint density at radius 2 is 0.917 bits per heavy atom. The Bertz CT molecular complexity index is 2230. The van der Waals surface area contributed by atoms with E-state index in [2.05, 4.69) is 15.0 Å². The van der Waals surface area contributed by atoms with Crippen LogP contribution >= 0.6 is 81.2 Å². The van der Waals surface area contributed by atoms with Crippen LogP contribution in [0.5, 0.6) is 28.7 Å². The summed E-state index contributed by atoms with van der Waals surface area (Å²) in [7, 11) is 0. The summed E-state index contributed by atoms with van der Waals surface area (Å²) in [5.74, 6) is 1.31. The number of phenolic OH excluding ortho intramolecular Hbond substituents is 1. The van der Waals surface area contributed by atoms with Crippen LogP contribution < -0.4 is 60.9 Å². The van der Waals surface area contributed by atoms with E-state index in [1.165, 1.54) is 26.1 Å². The van der Waals surface area contributed by atoms with Crippen LogP contribution in [0.2, 0.25) is 35.5 Å². The minimum absolute atomic E-state index is 0. The first-order chi connectivity index (χ1) is 27.5. The number of hydrogen-bond donors (Lipinski definition) is 2. The molecule has 0 saturated carbocycles. The van der Waals surface area contributed by atoms with Crippen LogP contribution in [0.3, 0.4) is 0 Å². The van der Waals surface area contributed by atoms with E-state index in [9.17, 15) is 14.4 Å². The minimum Gasteiger partial charge on any atom is -0.870 e. The second-order valence-electron chi connectivity index (χ2n) is 11.8. The molecule has 3 aromatic carbocycles. The van der Waals surface area contributed by atoms with Crippen molar-refractivity contribution in [3.05, 3.63) is 162 Å². The summed E-state index contributed by atoms with van der Waals surface area (Å²) in [5.41, 5.74) is 2.29. The molecule has 0 spiro atoms. The van der Waals surface area contributed by atoms with Crippen LogP contribution in [-0.4, -0.2) is 48.2 Å². The molecule has 19 heteroatoms. The molecule has 0 saturated heterocycles. The summed E-state index contributed by atoms with van der Waals surface area (Å²) in [6.45, 7) is 3.05. The molecule has 0 amide bonds. The molecule has 60 heavy (non-hydrogen) atoms. The van der Waals surface area contributed by atoms with Gasteiger partial charge in [-0.05, 0) is 91.2 Å². The van der Waals surface area contributed by atoms with Gasteiger partial charge in [0.15, 0.2) is 0 Å². The maximum atomic E-state index is 11.0. The first-order valence-electron chi connectivity index (χ1n) is 16.6. The van der Waals surface area contributed by atoms with Gasteiger partial charge in [-0.2, -0.15) is 0 Å². The summed E-state index contributed by atoms with van der Waals surface area (Å²) in [6.07, 6.45) is 5.27. The fraction of sp³-hybridized carbons (Fsp3) is 0.122. The van der Waals surface area contributed by atoms with Crippen molar-refractivity contribution in [3.63, 3.8) is 0 Å². The van der Waals surface area contributed by atoms with Gasteiger partial charge in [-0.3, -0.25) is 14.4 Å². The van der Waals surface area contributed by atoms with Gasteiger partial charge in [0.05, 0.1) is 21.5 Å². The number of hydrogen-bond acceptors (Lipinski definition) is 10. The van der Waals surface area contributed by atoms with Gasteiger partial charge in [0.1, 0.15) is 55.8 Å². The zero-order valence-corrected chi connectivity index (χ0v) is 40.3. The van der Waals surface area contributed by atoms with Gasteiger partial charge >= 0.3 is 57.4 Å². The molecule has 11 nitrogen and oxygen atoms in total. The van der Waals surface area contributed by atoms with E-state index in [-0.39, 0.29) is 85.6 Å². The number of phenols is 1. The molecule has 0 aliphatic rings. The van der Waals surface area contributed by atoms with E-state index in [4.69, 9.17) is 101 Å². The quantitative estimate of drug-likeness (QED) is 0.0987. The average Bonchev–Trinajstić information content (AvgIpc) is 3.12. The van der Waals surface area contributed by atoms with Crippen LogP contribution in [0.1, 0.15) is 30.5 Å². The molecule has 0 aliphatic carbocycles. The smallest absolute Gasteiger partial charge is 0.870 e. The number of rotatable bonds is 10. The number of nitrogens with zero attached hydrogens (tertiary/aromatic N) is 3. The van der Waals surface area contributed by atoms with Crippen molar-refractivity contribution in [1.29, 1.82) is 0 Å². The number of ketones is 2.